The lowest BCUT2D eigenvalue weighted by atomic mass is 10.1. The largest absolute Gasteiger partial charge is 0.325 e. The molecule has 1 heterocycles. The molecule has 0 saturated heterocycles. The van der Waals surface area contributed by atoms with Gasteiger partial charge in [0.2, 0.25) is 5.91 Å². The van der Waals surface area contributed by atoms with E-state index in [4.69, 9.17) is 5.26 Å². The number of amides is 1. The zero-order valence-electron chi connectivity index (χ0n) is 15.7. The first-order valence-corrected chi connectivity index (χ1v) is 9.84. The van der Waals surface area contributed by atoms with E-state index in [1.165, 1.54) is 16.4 Å². The van der Waals surface area contributed by atoms with Gasteiger partial charge in [-0.15, -0.1) is 11.8 Å². The summed E-state index contributed by atoms with van der Waals surface area (Å²) in [4.78, 5) is 25.8. The van der Waals surface area contributed by atoms with Crippen molar-refractivity contribution in [2.24, 2.45) is 13.0 Å². The molecule has 1 atom stereocenters. The molecule has 0 aliphatic heterocycles. The van der Waals surface area contributed by atoms with E-state index >= 15 is 0 Å². The fourth-order valence-electron chi connectivity index (χ4n) is 2.80. The first-order chi connectivity index (χ1) is 13.5. The van der Waals surface area contributed by atoms with Gasteiger partial charge in [0.25, 0.3) is 5.56 Å². The van der Waals surface area contributed by atoms with Crippen LogP contribution < -0.4 is 10.9 Å². The van der Waals surface area contributed by atoms with Crippen LogP contribution in [0.1, 0.15) is 12.6 Å². The summed E-state index contributed by atoms with van der Waals surface area (Å²) in [6.45, 7) is 1.87. The minimum absolute atomic E-state index is 0.0578. The molecule has 142 valence electrons. The summed E-state index contributed by atoms with van der Waals surface area (Å²) >= 11 is 1.54. The zero-order valence-corrected chi connectivity index (χ0v) is 16.5. The Morgan fingerprint density at radius 1 is 1.21 bits per heavy atom. The molecular weight excluding hydrogens is 372 g/mol. The number of nitrogens with one attached hydrogen (secondary N) is 1. The molecule has 1 aromatic heterocycles. The van der Waals surface area contributed by atoms with Crippen LogP contribution in [0.2, 0.25) is 0 Å². The van der Waals surface area contributed by atoms with Crippen LogP contribution in [0, 0.1) is 17.2 Å². The van der Waals surface area contributed by atoms with Crippen LogP contribution in [0.15, 0.2) is 58.2 Å². The van der Waals surface area contributed by atoms with Gasteiger partial charge >= 0.3 is 0 Å². The Kier molecular flexibility index (Phi) is 6.12. The van der Waals surface area contributed by atoms with E-state index in [0.29, 0.717) is 27.9 Å². The summed E-state index contributed by atoms with van der Waals surface area (Å²) in [6.07, 6.45) is 0.0578. The van der Waals surface area contributed by atoms with Gasteiger partial charge in [-0.25, -0.2) is 4.68 Å². The number of carbonyl (C=O) groups excluding carboxylic acids is 1. The standard InChI is InChI=1S/C21H20N4O2S/c1-14(12-22)13-28-19-10-6-5-9-17(19)23-20(26)11-18-15-7-3-4-8-16(15)21(27)25(2)24-18/h3-10,14H,11,13H2,1-2H3,(H,23,26)/t14-/m1/s1. The van der Waals surface area contributed by atoms with Crippen molar-refractivity contribution >= 4 is 34.1 Å². The molecule has 0 fully saturated rings. The van der Waals surface area contributed by atoms with Gasteiger partial charge in [0, 0.05) is 23.1 Å². The molecule has 0 unspecified atom stereocenters. The Labute approximate surface area is 167 Å². The summed E-state index contributed by atoms with van der Waals surface area (Å²) in [5.41, 5.74) is 1.07. The molecule has 7 heteroatoms. The summed E-state index contributed by atoms with van der Waals surface area (Å²) in [6, 6.07) is 16.9. The van der Waals surface area contributed by atoms with E-state index in [2.05, 4.69) is 16.5 Å². The summed E-state index contributed by atoms with van der Waals surface area (Å²) < 4.78 is 1.26. The van der Waals surface area contributed by atoms with Crippen molar-refractivity contribution < 1.29 is 4.79 Å². The Balaban J connectivity index is 1.81. The van der Waals surface area contributed by atoms with Crippen LogP contribution in [-0.2, 0) is 18.3 Å². The Bertz CT molecular complexity index is 1120. The maximum atomic E-state index is 12.7. The van der Waals surface area contributed by atoms with E-state index in [9.17, 15) is 9.59 Å². The normalized spacial score (nSPS) is 11.8. The Morgan fingerprint density at radius 3 is 2.64 bits per heavy atom. The number of aryl methyl sites for hydroxylation is 1. The monoisotopic (exact) mass is 392 g/mol. The minimum Gasteiger partial charge on any atom is -0.325 e. The smallest absolute Gasteiger partial charge is 0.274 e. The number of thioether (sulfide) groups is 1. The molecule has 3 aromatic rings. The van der Waals surface area contributed by atoms with E-state index < -0.39 is 0 Å². The van der Waals surface area contributed by atoms with Crippen molar-refractivity contribution in [3.8, 4) is 6.07 Å². The summed E-state index contributed by atoms with van der Waals surface area (Å²) in [5, 5.41) is 17.4. The van der Waals surface area contributed by atoms with Crippen LogP contribution in [0.3, 0.4) is 0 Å². The molecule has 1 amide bonds. The van der Waals surface area contributed by atoms with Gasteiger partial charge in [0.05, 0.1) is 35.2 Å². The molecule has 0 aliphatic rings. The van der Waals surface area contributed by atoms with E-state index in [0.717, 1.165) is 4.90 Å². The second kappa shape index (κ2) is 8.72. The highest BCUT2D eigenvalue weighted by molar-refractivity contribution is 7.99. The number of benzene rings is 2. The average Bonchev–Trinajstić information content (AvgIpc) is 2.71. The first-order valence-electron chi connectivity index (χ1n) is 8.86. The first kappa shape index (κ1) is 19.6. The molecule has 2 aromatic carbocycles. The van der Waals surface area contributed by atoms with Gasteiger partial charge in [-0.1, -0.05) is 30.3 Å². The van der Waals surface area contributed by atoms with Crippen molar-refractivity contribution in [2.45, 2.75) is 18.2 Å². The van der Waals surface area contributed by atoms with Crippen molar-refractivity contribution in [3.05, 3.63) is 64.6 Å². The molecule has 0 radical (unpaired) electrons. The summed E-state index contributed by atoms with van der Waals surface area (Å²) in [7, 11) is 1.58. The SMILES string of the molecule is C[C@H](C#N)CSc1ccccc1NC(=O)Cc1nn(C)c(=O)c2ccccc12. The fraction of sp³-hybridized carbons (Fsp3) is 0.238. The quantitative estimate of drug-likeness (QED) is 0.650. The second-order valence-corrected chi connectivity index (χ2v) is 7.55. The highest BCUT2D eigenvalue weighted by atomic mass is 32.2. The number of aromatic nitrogens is 2. The predicted octanol–water partition coefficient (Wildman–Crippen LogP) is 3.37. The topological polar surface area (TPSA) is 87.8 Å². The van der Waals surface area contributed by atoms with Crippen LogP contribution in [-0.4, -0.2) is 21.4 Å². The number of hydrogen-bond donors (Lipinski definition) is 1. The number of nitrogens with zero attached hydrogens (tertiary/aromatic N) is 3. The van der Waals surface area contributed by atoms with Gasteiger partial charge in [-0.2, -0.15) is 10.4 Å². The highest BCUT2D eigenvalue weighted by Crippen LogP contribution is 2.28. The number of nitriles is 1. The number of rotatable bonds is 6. The van der Waals surface area contributed by atoms with E-state index in [1.807, 2.05) is 37.3 Å². The molecule has 6 nitrogen and oxygen atoms in total. The van der Waals surface area contributed by atoms with Crippen LogP contribution >= 0.6 is 11.8 Å². The number of anilines is 1. The maximum absolute atomic E-state index is 12.7. The Morgan fingerprint density at radius 2 is 1.89 bits per heavy atom. The van der Waals surface area contributed by atoms with E-state index in [1.54, 1.807) is 25.2 Å². The number of para-hydroxylation sites is 1. The number of carbonyl (C=O) groups is 1. The lowest BCUT2D eigenvalue weighted by Crippen LogP contribution is -2.24. The molecule has 0 spiro atoms. The fourth-order valence-corrected chi connectivity index (χ4v) is 3.75. The maximum Gasteiger partial charge on any atom is 0.274 e. The average molecular weight is 392 g/mol. The number of fused-ring (bicyclic) bond motifs is 1. The van der Waals surface area contributed by atoms with Gasteiger partial charge in [-0.3, -0.25) is 9.59 Å². The van der Waals surface area contributed by atoms with Gasteiger partial charge in [-0.05, 0) is 25.1 Å². The molecule has 0 aliphatic carbocycles. The molecular formula is C21H20N4O2S. The molecule has 0 bridgehead atoms. The molecule has 0 saturated carbocycles. The predicted molar refractivity (Wildman–Crippen MR) is 111 cm³/mol. The third kappa shape index (κ3) is 4.41. The van der Waals surface area contributed by atoms with Crippen LogP contribution in [0.25, 0.3) is 10.8 Å². The molecule has 1 N–H and O–H groups in total. The van der Waals surface area contributed by atoms with Crippen molar-refractivity contribution in [1.82, 2.24) is 9.78 Å². The van der Waals surface area contributed by atoms with Crippen molar-refractivity contribution in [3.63, 3.8) is 0 Å². The molecule has 28 heavy (non-hydrogen) atoms. The second-order valence-electron chi connectivity index (χ2n) is 6.48. The zero-order chi connectivity index (χ0) is 20.1. The van der Waals surface area contributed by atoms with Crippen molar-refractivity contribution in [1.29, 1.82) is 5.26 Å². The number of hydrogen-bond acceptors (Lipinski definition) is 5. The van der Waals surface area contributed by atoms with E-state index in [-0.39, 0.29) is 23.8 Å². The third-order valence-electron chi connectivity index (χ3n) is 4.23. The highest BCUT2D eigenvalue weighted by Gasteiger charge is 2.14. The van der Waals surface area contributed by atoms with Crippen LogP contribution in [0.5, 0.6) is 0 Å². The van der Waals surface area contributed by atoms with Gasteiger partial charge in [0.1, 0.15) is 0 Å². The van der Waals surface area contributed by atoms with Gasteiger partial charge in [0.15, 0.2) is 0 Å². The molecule has 3 rings (SSSR count). The Hall–Kier alpha value is -3.11. The lowest BCUT2D eigenvalue weighted by Gasteiger charge is -2.12. The van der Waals surface area contributed by atoms with Gasteiger partial charge < -0.3 is 5.32 Å². The summed E-state index contributed by atoms with van der Waals surface area (Å²) in [5.74, 6) is 0.365. The van der Waals surface area contributed by atoms with Crippen LogP contribution in [0.4, 0.5) is 5.69 Å². The van der Waals surface area contributed by atoms with Crippen molar-refractivity contribution in [2.75, 3.05) is 11.1 Å². The third-order valence-corrected chi connectivity index (χ3v) is 5.57. The minimum atomic E-state index is -0.210. The lowest BCUT2D eigenvalue weighted by molar-refractivity contribution is -0.115.